The number of thiophene rings is 1. The van der Waals surface area contributed by atoms with E-state index in [1.54, 1.807) is 0 Å². The van der Waals surface area contributed by atoms with Crippen molar-refractivity contribution in [2.75, 3.05) is 5.32 Å². The molecule has 0 aliphatic heterocycles. The fraction of sp³-hybridized carbons (Fsp3) is 0.250. The maximum absolute atomic E-state index is 13.6. The van der Waals surface area contributed by atoms with Gasteiger partial charge in [-0.25, -0.2) is 4.98 Å². The standard InChI is InChI=1S/C28H27N3O2S/c1-3-17-11-12-20-24(14-17)34-28(25(20)26(29)32)31-27(33)21-15-23(18-8-6-7-16(2)13-18)30-22-10-5-4-9-19(21)22/h4-10,13,15,17H,3,11-12,14H2,1-2H3,(H2,29,32)(H,31,33)/t17-/m0/s1. The smallest absolute Gasteiger partial charge is 0.257 e. The summed E-state index contributed by atoms with van der Waals surface area (Å²) in [6.07, 6.45) is 3.91. The van der Waals surface area contributed by atoms with Crippen molar-refractivity contribution < 1.29 is 9.59 Å². The highest BCUT2D eigenvalue weighted by atomic mass is 32.1. The second kappa shape index (κ2) is 9.03. The monoisotopic (exact) mass is 469 g/mol. The van der Waals surface area contributed by atoms with Gasteiger partial charge in [-0.1, -0.05) is 55.3 Å². The number of amides is 2. The molecular weight excluding hydrogens is 442 g/mol. The van der Waals surface area contributed by atoms with Crippen LogP contribution in [0.1, 0.15) is 56.5 Å². The van der Waals surface area contributed by atoms with Gasteiger partial charge >= 0.3 is 0 Å². The molecule has 3 N–H and O–H groups in total. The van der Waals surface area contributed by atoms with Crippen LogP contribution in [0.15, 0.2) is 54.6 Å². The number of fused-ring (bicyclic) bond motifs is 2. The van der Waals surface area contributed by atoms with Crippen molar-refractivity contribution >= 4 is 39.1 Å². The van der Waals surface area contributed by atoms with E-state index in [0.29, 0.717) is 22.0 Å². The average Bonchev–Trinajstić information content (AvgIpc) is 3.20. The number of hydrogen-bond acceptors (Lipinski definition) is 4. The van der Waals surface area contributed by atoms with Crippen molar-refractivity contribution in [3.8, 4) is 11.3 Å². The van der Waals surface area contributed by atoms with Gasteiger partial charge in [-0.15, -0.1) is 11.3 Å². The largest absolute Gasteiger partial charge is 0.365 e. The molecule has 1 atom stereocenters. The molecule has 1 aliphatic rings. The fourth-order valence-electron chi connectivity index (χ4n) is 4.84. The minimum atomic E-state index is -0.484. The molecule has 1 aliphatic carbocycles. The minimum Gasteiger partial charge on any atom is -0.365 e. The van der Waals surface area contributed by atoms with Gasteiger partial charge in [-0.3, -0.25) is 9.59 Å². The zero-order chi connectivity index (χ0) is 23.8. The van der Waals surface area contributed by atoms with E-state index in [0.717, 1.165) is 59.0 Å². The molecule has 0 fully saturated rings. The van der Waals surface area contributed by atoms with Gasteiger partial charge in [0.05, 0.1) is 22.3 Å². The van der Waals surface area contributed by atoms with E-state index in [1.807, 2.05) is 55.5 Å². The van der Waals surface area contributed by atoms with Gasteiger partial charge in [-0.2, -0.15) is 0 Å². The summed E-state index contributed by atoms with van der Waals surface area (Å²) in [6, 6.07) is 17.5. The Balaban J connectivity index is 1.57. The molecule has 0 bridgehead atoms. The van der Waals surface area contributed by atoms with Crippen molar-refractivity contribution in [2.45, 2.75) is 39.5 Å². The van der Waals surface area contributed by atoms with Crippen LogP contribution in [0.2, 0.25) is 0 Å². The van der Waals surface area contributed by atoms with Crippen LogP contribution in [-0.2, 0) is 12.8 Å². The normalized spacial score (nSPS) is 15.2. The summed E-state index contributed by atoms with van der Waals surface area (Å²) in [5.41, 5.74) is 11.3. The van der Waals surface area contributed by atoms with Crippen molar-refractivity contribution in [2.24, 2.45) is 11.7 Å². The summed E-state index contributed by atoms with van der Waals surface area (Å²) in [6.45, 7) is 4.23. The molecule has 0 saturated carbocycles. The van der Waals surface area contributed by atoms with Crippen LogP contribution in [0, 0.1) is 12.8 Å². The molecule has 2 aromatic carbocycles. The lowest BCUT2D eigenvalue weighted by Crippen LogP contribution is -2.20. The van der Waals surface area contributed by atoms with Gasteiger partial charge in [0, 0.05) is 15.8 Å². The molecule has 5 nitrogen and oxygen atoms in total. The van der Waals surface area contributed by atoms with Crippen molar-refractivity contribution in [1.82, 2.24) is 4.98 Å². The third-order valence-electron chi connectivity index (χ3n) is 6.69. The molecule has 2 amide bonds. The highest BCUT2D eigenvalue weighted by Gasteiger charge is 2.28. The highest BCUT2D eigenvalue weighted by Crippen LogP contribution is 2.40. The Labute approximate surface area is 203 Å². The summed E-state index contributed by atoms with van der Waals surface area (Å²) >= 11 is 1.49. The van der Waals surface area contributed by atoms with Gasteiger partial charge in [0.15, 0.2) is 0 Å². The number of carbonyl (C=O) groups is 2. The zero-order valence-electron chi connectivity index (χ0n) is 19.4. The van der Waals surface area contributed by atoms with Gasteiger partial charge < -0.3 is 11.1 Å². The van der Waals surface area contributed by atoms with E-state index in [1.165, 1.54) is 16.2 Å². The first-order valence-corrected chi connectivity index (χ1v) is 12.5. The first-order chi connectivity index (χ1) is 16.4. The number of carbonyl (C=O) groups excluding carboxylic acids is 2. The molecule has 0 saturated heterocycles. The van der Waals surface area contributed by atoms with Gasteiger partial charge in [-0.05, 0) is 55.9 Å². The summed E-state index contributed by atoms with van der Waals surface area (Å²) in [5.74, 6) is -0.139. The third kappa shape index (κ3) is 4.10. The number of anilines is 1. The molecule has 34 heavy (non-hydrogen) atoms. The molecule has 5 rings (SSSR count). The lowest BCUT2D eigenvalue weighted by atomic mass is 9.85. The lowest BCUT2D eigenvalue weighted by molar-refractivity contribution is 0.1000. The number of primary amides is 1. The Morgan fingerprint density at radius 3 is 2.74 bits per heavy atom. The number of rotatable bonds is 5. The van der Waals surface area contributed by atoms with E-state index in [-0.39, 0.29) is 5.91 Å². The summed E-state index contributed by atoms with van der Waals surface area (Å²) in [5, 5.41) is 4.35. The number of hydrogen-bond donors (Lipinski definition) is 2. The Bertz CT molecular complexity index is 1420. The number of nitrogens with two attached hydrogens (primary N) is 1. The fourth-order valence-corrected chi connectivity index (χ4v) is 6.20. The van der Waals surface area contributed by atoms with Crippen LogP contribution in [0.3, 0.4) is 0 Å². The van der Waals surface area contributed by atoms with E-state index >= 15 is 0 Å². The molecule has 2 aromatic heterocycles. The van der Waals surface area contributed by atoms with Crippen LogP contribution in [0.5, 0.6) is 0 Å². The summed E-state index contributed by atoms with van der Waals surface area (Å²) in [4.78, 5) is 31.9. The number of aryl methyl sites for hydroxylation is 1. The Kier molecular flexibility index (Phi) is 5.92. The number of pyridine rings is 1. The number of aromatic nitrogens is 1. The topological polar surface area (TPSA) is 85.1 Å². The van der Waals surface area contributed by atoms with Crippen LogP contribution < -0.4 is 11.1 Å². The lowest BCUT2D eigenvalue weighted by Gasteiger charge is -2.20. The quantitative estimate of drug-likeness (QED) is 0.368. The molecular formula is C28H27N3O2S. The average molecular weight is 470 g/mol. The first-order valence-electron chi connectivity index (χ1n) is 11.7. The second-order valence-corrected chi connectivity index (χ2v) is 10.1. The van der Waals surface area contributed by atoms with E-state index in [2.05, 4.69) is 18.3 Å². The van der Waals surface area contributed by atoms with Gasteiger partial charge in [0.25, 0.3) is 11.8 Å². The molecule has 6 heteroatoms. The van der Waals surface area contributed by atoms with E-state index in [9.17, 15) is 9.59 Å². The van der Waals surface area contributed by atoms with Crippen molar-refractivity contribution in [3.05, 3.63) is 81.7 Å². The van der Waals surface area contributed by atoms with Gasteiger partial charge in [0.2, 0.25) is 0 Å². The van der Waals surface area contributed by atoms with Crippen LogP contribution in [-0.4, -0.2) is 16.8 Å². The maximum Gasteiger partial charge on any atom is 0.257 e. The van der Waals surface area contributed by atoms with E-state index < -0.39 is 5.91 Å². The van der Waals surface area contributed by atoms with Crippen molar-refractivity contribution in [3.63, 3.8) is 0 Å². The highest BCUT2D eigenvalue weighted by molar-refractivity contribution is 7.17. The number of nitrogens with zero attached hydrogens (tertiary/aromatic N) is 1. The molecule has 0 radical (unpaired) electrons. The molecule has 0 spiro atoms. The molecule has 4 aromatic rings. The Morgan fingerprint density at radius 1 is 1.15 bits per heavy atom. The van der Waals surface area contributed by atoms with Crippen LogP contribution in [0.25, 0.3) is 22.2 Å². The van der Waals surface area contributed by atoms with Crippen LogP contribution >= 0.6 is 11.3 Å². The third-order valence-corrected chi connectivity index (χ3v) is 7.86. The summed E-state index contributed by atoms with van der Waals surface area (Å²) in [7, 11) is 0. The molecule has 2 heterocycles. The zero-order valence-corrected chi connectivity index (χ0v) is 20.2. The van der Waals surface area contributed by atoms with Crippen LogP contribution in [0.4, 0.5) is 5.00 Å². The maximum atomic E-state index is 13.6. The molecule has 172 valence electrons. The Morgan fingerprint density at radius 2 is 1.97 bits per heavy atom. The first kappa shape index (κ1) is 22.3. The predicted molar refractivity (Wildman–Crippen MR) is 139 cm³/mol. The minimum absolute atomic E-state index is 0.263. The number of para-hydroxylation sites is 1. The van der Waals surface area contributed by atoms with Gasteiger partial charge in [0.1, 0.15) is 5.00 Å². The Hall–Kier alpha value is -3.51. The van der Waals surface area contributed by atoms with E-state index in [4.69, 9.17) is 10.7 Å². The molecule has 0 unspecified atom stereocenters. The number of benzene rings is 2. The second-order valence-electron chi connectivity index (χ2n) is 8.99. The summed E-state index contributed by atoms with van der Waals surface area (Å²) < 4.78 is 0. The number of nitrogens with one attached hydrogen (secondary N) is 1. The van der Waals surface area contributed by atoms with Crippen molar-refractivity contribution in [1.29, 1.82) is 0 Å². The SMILES string of the molecule is CC[C@H]1CCc2c(sc(NC(=O)c3cc(-c4cccc(C)c4)nc4ccccc34)c2C(N)=O)C1. The predicted octanol–water partition coefficient (Wildman–Crippen LogP) is 6.14.